The van der Waals surface area contributed by atoms with E-state index < -0.39 is 0 Å². The van der Waals surface area contributed by atoms with Crippen LogP contribution in [0, 0.1) is 0 Å². The minimum absolute atomic E-state index is 0.0981. The van der Waals surface area contributed by atoms with Gasteiger partial charge in [-0.25, -0.2) is 0 Å². The van der Waals surface area contributed by atoms with Gasteiger partial charge >= 0.3 is 0 Å². The fourth-order valence-corrected chi connectivity index (χ4v) is 1.44. The fraction of sp³-hybridized carbons (Fsp3) is 0.444. The largest absolute Gasteiger partial charge is 0.472 e. The highest BCUT2D eigenvalue weighted by Gasteiger charge is 2.21. The maximum Gasteiger partial charge on any atom is 0.184 e. The van der Waals surface area contributed by atoms with Gasteiger partial charge in [-0.15, -0.1) is 0 Å². The zero-order valence-corrected chi connectivity index (χ0v) is 7.25. The monoisotopic (exact) mass is 180 g/mol. The van der Waals surface area contributed by atoms with Crippen LogP contribution in [0.25, 0.3) is 0 Å². The third kappa shape index (κ3) is 1.79. The summed E-state index contributed by atoms with van der Waals surface area (Å²) in [6, 6.07) is 1.59. The highest BCUT2D eigenvalue weighted by atomic mass is 16.3. The zero-order valence-electron chi connectivity index (χ0n) is 7.25. The summed E-state index contributed by atoms with van der Waals surface area (Å²) in [6.07, 6.45) is 3.00. The molecule has 1 aliphatic heterocycles. The van der Waals surface area contributed by atoms with Crippen LogP contribution in [-0.4, -0.2) is 31.5 Å². The summed E-state index contributed by atoms with van der Waals surface area (Å²) in [6.45, 7) is 2.47. The third-order valence-corrected chi connectivity index (χ3v) is 2.16. The van der Waals surface area contributed by atoms with Crippen LogP contribution in [0.5, 0.6) is 0 Å². The Morgan fingerprint density at radius 3 is 3.08 bits per heavy atom. The van der Waals surface area contributed by atoms with E-state index in [1.165, 1.54) is 12.5 Å². The zero-order chi connectivity index (χ0) is 9.10. The Morgan fingerprint density at radius 2 is 2.46 bits per heavy atom. The van der Waals surface area contributed by atoms with Crippen LogP contribution in [0.15, 0.2) is 23.0 Å². The van der Waals surface area contributed by atoms with Crippen molar-refractivity contribution in [1.29, 1.82) is 0 Å². The summed E-state index contributed by atoms with van der Waals surface area (Å²) in [4.78, 5) is 11.7. The first-order valence-electron chi connectivity index (χ1n) is 4.38. The summed E-state index contributed by atoms with van der Waals surface area (Å²) < 4.78 is 4.86. The number of piperazine rings is 1. The summed E-state index contributed by atoms with van der Waals surface area (Å²) in [5.41, 5.74) is 0.640. The van der Waals surface area contributed by atoms with Gasteiger partial charge in [0.2, 0.25) is 0 Å². The van der Waals surface area contributed by atoms with E-state index in [1.54, 1.807) is 6.07 Å². The van der Waals surface area contributed by atoms with Gasteiger partial charge in [-0.1, -0.05) is 0 Å². The third-order valence-electron chi connectivity index (χ3n) is 2.16. The molecule has 2 N–H and O–H groups in total. The van der Waals surface area contributed by atoms with Crippen molar-refractivity contribution < 1.29 is 9.21 Å². The molecule has 0 saturated carbocycles. The number of ketones is 1. The molecule has 1 aliphatic rings. The molecule has 0 spiro atoms. The van der Waals surface area contributed by atoms with Crippen molar-refractivity contribution in [1.82, 2.24) is 10.6 Å². The van der Waals surface area contributed by atoms with Crippen LogP contribution >= 0.6 is 0 Å². The van der Waals surface area contributed by atoms with Gasteiger partial charge in [-0.05, 0) is 6.07 Å². The lowest BCUT2D eigenvalue weighted by Gasteiger charge is -2.22. The molecule has 4 heteroatoms. The Kier molecular flexibility index (Phi) is 2.42. The molecular formula is C9H12N2O2. The minimum Gasteiger partial charge on any atom is -0.472 e. The Labute approximate surface area is 76.3 Å². The number of rotatable bonds is 2. The highest BCUT2D eigenvalue weighted by Crippen LogP contribution is 2.05. The second-order valence-corrected chi connectivity index (χ2v) is 3.09. The number of nitrogens with one attached hydrogen (secondary N) is 2. The van der Waals surface area contributed by atoms with E-state index in [0.717, 1.165) is 13.1 Å². The smallest absolute Gasteiger partial charge is 0.184 e. The Morgan fingerprint density at radius 1 is 1.54 bits per heavy atom. The minimum atomic E-state index is -0.105. The van der Waals surface area contributed by atoms with E-state index in [2.05, 4.69) is 10.6 Å². The van der Waals surface area contributed by atoms with E-state index in [4.69, 9.17) is 4.42 Å². The van der Waals surface area contributed by atoms with Gasteiger partial charge in [0.15, 0.2) is 5.78 Å². The molecule has 2 heterocycles. The summed E-state index contributed by atoms with van der Waals surface area (Å²) in [7, 11) is 0. The standard InChI is InChI=1S/C9H12N2O2/c12-9(7-1-4-13-6-7)8-5-10-2-3-11-8/h1,4,6,8,10-11H,2-3,5H2. The predicted octanol–water partition coefficient (Wildman–Crippen LogP) is 0.0237. The molecule has 0 aliphatic carbocycles. The number of carbonyl (C=O) groups excluding carboxylic acids is 1. The van der Waals surface area contributed by atoms with Crippen molar-refractivity contribution in [3.63, 3.8) is 0 Å². The van der Waals surface area contributed by atoms with Crippen LogP contribution in [0.1, 0.15) is 10.4 Å². The second-order valence-electron chi connectivity index (χ2n) is 3.09. The number of carbonyl (C=O) groups is 1. The molecule has 1 aromatic heterocycles. The van der Waals surface area contributed by atoms with E-state index in [9.17, 15) is 4.79 Å². The first-order chi connectivity index (χ1) is 6.38. The molecule has 0 amide bonds. The molecule has 2 rings (SSSR count). The van der Waals surface area contributed by atoms with Crippen LogP contribution in [0.2, 0.25) is 0 Å². The van der Waals surface area contributed by atoms with Gasteiger partial charge < -0.3 is 15.1 Å². The summed E-state index contributed by atoms with van der Waals surface area (Å²) in [5.74, 6) is 0.0981. The average Bonchev–Trinajstić information content (AvgIpc) is 2.71. The molecule has 1 aromatic rings. The van der Waals surface area contributed by atoms with Crippen molar-refractivity contribution >= 4 is 5.78 Å². The topological polar surface area (TPSA) is 54.3 Å². The summed E-state index contributed by atoms with van der Waals surface area (Å²) >= 11 is 0. The van der Waals surface area contributed by atoms with Gasteiger partial charge in [-0.2, -0.15) is 0 Å². The Hall–Kier alpha value is -1.13. The lowest BCUT2D eigenvalue weighted by molar-refractivity contribution is 0.0934. The van der Waals surface area contributed by atoms with Crippen LogP contribution in [-0.2, 0) is 0 Å². The first-order valence-corrected chi connectivity index (χ1v) is 4.38. The molecule has 1 unspecified atom stereocenters. The molecule has 70 valence electrons. The van der Waals surface area contributed by atoms with Gasteiger partial charge in [-0.3, -0.25) is 4.79 Å². The molecule has 1 atom stereocenters. The van der Waals surface area contributed by atoms with Crippen molar-refractivity contribution in [3.05, 3.63) is 24.2 Å². The van der Waals surface area contributed by atoms with Gasteiger partial charge in [0.25, 0.3) is 0 Å². The van der Waals surface area contributed by atoms with Crippen LogP contribution in [0.4, 0.5) is 0 Å². The van der Waals surface area contributed by atoms with Gasteiger partial charge in [0.05, 0.1) is 17.9 Å². The van der Waals surface area contributed by atoms with Crippen LogP contribution < -0.4 is 10.6 Å². The maximum atomic E-state index is 11.7. The first kappa shape index (κ1) is 8.47. The van der Waals surface area contributed by atoms with Crippen molar-refractivity contribution in [2.24, 2.45) is 0 Å². The second kappa shape index (κ2) is 3.72. The Bertz CT molecular complexity index is 276. The van der Waals surface area contributed by atoms with E-state index in [-0.39, 0.29) is 11.8 Å². The molecule has 1 fully saturated rings. The summed E-state index contributed by atoms with van der Waals surface area (Å²) in [5, 5.41) is 6.32. The van der Waals surface area contributed by atoms with E-state index in [1.807, 2.05) is 0 Å². The number of furan rings is 1. The van der Waals surface area contributed by atoms with Crippen molar-refractivity contribution in [3.8, 4) is 0 Å². The molecule has 0 bridgehead atoms. The lowest BCUT2D eigenvalue weighted by Crippen LogP contribution is -2.52. The van der Waals surface area contributed by atoms with Crippen molar-refractivity contribution in [2.45, 2.75) is 6.04 Å². The SMILES string of the molecule is O=C(c1ccoc1)C1CNCCN1. The maximum absolute atomic E-state index is 11.7. The van der Waals surface area contributed by atoms with E-state index in [0.29, 0.717) is 12.1 Å². The molecule has 4 nitrogen and oxygen atoms in total. The van der Waals surface area contributed by atoms with Crippen molar-refractivity contribution in [2.75, 3.05) is 19.6 Å². The van der Waals surface area contributed by atoms with Crippen LogP contribution in [0.3, 0.4) is 0 Å². The average molecular weight is 180 g/mol. The number of hydrogen-bond acceptors (Lipinski definition) is 4. The molecule has 0 aromatic carbocycles. The lowest BCUT2D eigenvalue weighted by atomic mass is 10.1. The predicted molar refractivity (Wildman–Crippen MR) is 47.7 cm³/mol. The van der Waals surface area contributed by atoms with Gasteiger partial charge in [0.1, 0.15) is 6.26 Å². The Balaban J connectivity index is 2.04. The normalized spacial score (nSPS) is 22.9. The number of hydrogen-bond donors (Lipinski definition) is 2. The molecule has 0 radical (unpaired) electrons. The van der Waals surface area contributed by atoms with E-state index >= 15 is 0 Å². The number of Topliss-reactive ketones (excluding diaryl/α,β-unsaturated/α-hetero) is 1. The van der Waals surface area contributed by atoms with Gasteiger partial charge in [0, 0.05) is 19.6 Å². The quantitative estimate of drug-likeness (QED) is 0.630. The molecular weight excluding hydrogens is 168 g/mol. The fourth-order valence-electron chi connectivity index (χ4n) is 1.44. The molecule has 1 saturated heterocycles. The molecule has 13 heavy (non-hydrogen) atoms. The highest BCUT2D eigenvalue weighted by molar-refractivity contribution is 6.00.